The Labute approximate surface area is 101 Å². The van der Waals surface area contributed by atoms with Crippen molar-refractivity contribution in [3.05, 3.63) is 0 Å². The molecule has 0 saturated carbocycles. The van der Waals surface area contributed by atoms with Crippen LogP contribution in [0.4, 0.5) is 4.79 Å². The number of hydrogen-bond acceptors (Lipinski definition) is 3. The molecule has 0 aromatic heterocycles. The summed E-state index contributed by atoms with van der Waals surface area (Å²) in [5, 5.41) is 12.9. The highest BCUT2D eigenvalue weighted by Gasteiger charge is 2.25. The van der Waals surface area contributed by atoms with Gasteiger partial charge in [0.05, 0.1) is 6.42 Å². The molecule has 2 unspecified atom stereocenters. The molecule has 1 fully saturated rings. The van der Waals surface area contributed by atoms with E-state index in [4.69, 9.17) is 5.11 Å². The van der Waals surface area contributed by atoms with Gasteiger partial charge in [-0.05, 0) is 26.7 Å². The van der Waals surface area contributed by atoms with Crippen LogP contribution in [0.3, 0.4) is 0 Å². The maximum absolute atomic E-state index is 11.5. The molecule has 0 aromatic rings. The Morgan fingerprint density at radius 3 is 2.41 bits per heavy atom. The topological polar surface area (TPSA) is 81.7 Å². The molecule has 1 heterocycles. The van der Waals surface area contributed by atoms with E-state index < -0.39 is 5.97 Å². The van der Waals surface area contributed by atoms with Gasteiger partial charge in [0.25, 0.3) is 0 Å². The number of carbonyl (C=O) groups is 2. The number of amides is 2. The van der Waals surface area contributed by atoms with Gasteiger partial charge in [-0.15, -0.1) is 0 Å². The molecule has 1 saturated heterocycles. The van der Waals surface area contributed by atoms with Gasteiger partial charge in [-0.3, -0.25) is 10.2 Å². The number of carboxylic acid groups (broad SMARTS) is 1. The Bertz CT molecular complexity index is 273. The van der Waals surface area contributed by atoms with Crippen molar-refractivity contribution in [2.45, 2.75) is 51.6 Å². The molecular formula is C11H21N3O3. The highest BCUT2D eigenvalue weighted by molar-refractivity contribution is 5.74. The molecule has 2 amide bonds. The van der Waals surface area contributed by atoms with Crippen molar-refractivity contribution >= 4 is 12.0 Å². The SMILES string of the molecule is CC1CCCC(C)N1NC(=O)NCCC(=O)O. The third-order valence-corrected chi connectivity index (χ3v) is 3.05. The Hall–Kier alpha value is -1.30. The minimum absolute atomic E-state index is 0.0570. The molecule has 1 aliphatic rings. The van der Waals surface area contributed by atoms with Crippen LogP contribution >= 0.6 is 0 Å². The average molecular weight is 243 g/mol. The molecule has 98 valence electrons. The van der Waals surface area contributed by atoms with Gasteiger partial charge in [0.15, 0.2) is 0 Å². The summed E-state index contributed by atoms with van der Waals surface area (Å²) in [6, 6.07) is 0.319. The summed E-state index contributed by atoms with van der Waals surface area (Å²) >= 11 is 0. The van der Waals surface area contributed by atoms with Gasteiger partial charge >= 0.3 is 12.0 Å². The van der Waals surface area contributed by atoms with E-state index in [2.05, 4.69) is 24.6 Å². The molecular weight excluding hydrogens is 222 g/mol. The van der Waals surface area contributed by atoms with Gasteiger partial charge in [-0.1, -0.05) is 6.42 Å². The predicted octanol–water partition coefficient (Wildman–Crippen LogP) is 0.938. The zero-order valence-electron chi connectivity index (χ0n) is 10.4. The number of aliphatic carboxylic acids is 1. The monoisotopic (exact) mass is 243 g/mol. The van der Waals surface area contributed by atoms with Crippen molar-refractivity contribution in [2.24, 2.45) is 0 Å². The lowest BCUT2D eigenvalue weighted by atomic mass is 10.00. The van der Waals surface area contributed by atoms with Crippen molar-refractivity contribution in [3.63, 3.8) is 0 Å². The van der Waals surface area contributed by atoms with E-state index in [9.17, 15) is 9.59 Å². The Balaban J connectivity index is 2.31. The van der Waals surface area contributed by atoms with Gasteiger partial charge < -0.3 is 10.4 Å². The largest absolute Gasteiger partial charge is 0.481 e. The molecule has 0 radical (unpaired) electrons. The second-order valence-electron chi connectivity index (χ2n) is 4.55. The summed E-state index contributed by atoms with van der Waals surface area (Å²) in [5.41, 5.74) is 2.78. The molecule has 0 spiro atoms. The van der Waals surface area contributed by atoms with Gasteiger partial charge in [-0.2, -0.15) is 0 Å². The molecule has 2 atom stereocenters. The molecule has 0 aromatic carbocycles. The molecule has 1 aliphatic heterocycles. The number of carboxylic acids is 1. The fraction of sp³-hybridized carbons (Fsp3) is 0.818. The van der Waals surface area contributed by atoms with Crippen LogP contribution in [0, 0.1) is 0 Å². The van der Waals surface area contributed by atoms with Crippen LogP contribution in [0.15, 0.2) is 0 Å². The van der Waals surface area contributed by atoms with E-state index in [-0.39, 0.29) is 19.0 Å². The van der Waals surface area contributed by atoms with E-state index >= 15 is 0 Å². The maximum atomic E-state index is 11.5. The number of nitrogens with zero attached hydrogens (tertiary/aromatic N) is 1. The zero-order chi connectivity index (χ0) is 12.8. The van der Waals surface area contributed by atoms with Crippen LogP contribution in [-0.4, -0.2) is 40.7 Å². The summed E-state index contributed by atoms with van der Waals surface area (Å²) in [6.45, 7) is 4.30. The third-order valence-electron chi connectivity index (χ3n) is 3.05. The summed E-state index contributed by atoms with van der Waals surface area (Å²) in [6.07, 6.45) is 3.26. The first-order valence-corrected chi connectivity index (χ1v) is 6.05. The number of carbonyl (C=O) groups excluding carboxylic acids is 1. The van der Waals surface area contributed by atoms with Crippen LogP contribution in [0.25, 0.3) is 0 Å². The van der Waals surface area contributed by atoms with Crippen molar-refractivity contribution < 1.29 is 14.7 Å². The van der Waals surface area contributed by atoms with Gasteiger partial charge in [-0.25, -0.2) is 9.80 Å². The van der Waals surface area contributed by atoms with E-state index in [1.807, 2.05) is 5.01 Å². The number of rotatable bonds is 4. The minimum atomic E-state index is -0.912. The Kier molecular flexibility index (Phi) is 5.21. The fourth-order valence-electron chi connectivity index (χ4n) is 2.08. The first kappa shape index (κ1) is 13.8. The summed E-state index contributed by atoms with van der Waals surface area (Å²) < 4.78 is 0. The van der Waals surface area contributed by atoms with E-state index in [0.717, 1.165) is 12.8 Å². The number of hydrogen-bond donors (Lipinski definition) is 3. The van der Waals surface area contributed by atoms with Crippen LogP contribution in [0.1, 0.15) is 39.5 Å². The maximum Gasteiger partial charge on any atom is 0.329 e. The van der Waals surface area contributed by atoms with Gasteiger partial charge in [0, 0.05) is 18.6 Å². The van der Waals surface area contributed by atoms with Crippen LogP contribution in [-0.2, 0) is 4.79 Å². The normalized spacial score (nSPS) is 25.3. The Morgan fingerprint density at radius 2 is 1.88 bits per heavy atom. The molecule has 0 aliphatic carbocycles. The molecule has 3 N–H and O–H groups in total. The standard InChI is InChI=1S/C11H21N3O3/c1-8-4-3-5-9(2)14(8)13-11(17)12-7-6-10(15)16/h8-9H,3-7H2,1-2H3,(H,15,16)(H2,12,13,17). The second-order valence-corrected chi connectivity index (χ2v) is 4.55. The van der Waals surface area contributed by atoms with Crippen molar-refractivity contribution in [1.29, 1.82) is 0 Å². The number of piperidine rings is 1. The van der Waals surface area contributed by atoms with Gasteiger partial charge in [0.1, 0.15) is 0 Å². The lowest BCUT2D eigenvalue weighted by Crippen LogP contribution is -2.56. The highest BCUT2D eigenvalue weighted by atomic mass is 16.4. The summed E-state index contributed by atoms with van der Waals surface area (Å²) in [4.78, 5) is 21.8. The molecule has 1 rings (SSSR count). The number of hydrazine groups is 1. The highest BCUT2D eigenvalue weighted by Crippen LogP contribution is 2.19. The summed E-state index contributed by atoms with van der Waals surface area (Å²) in [7, 11) is 0. The van der Waals surface area contributed by atoms with Gasteiger partial charge in [0.2, 0.25) is 0 Å². The van der Waals surface area contributed by atoms with E-state index in [0.29, 0.717) is 12.1 Å². The zero-order valence-corrected chi connectivity index (χ0v) is 10.4. The minimum Gasteiger partial charge on any atom is -0.481 e. The predicted molar refractivity (Wildman–Crippen MR) is 63.4 cm³/mol. The third kappa shape index (κ3) is 4.60. The first-order chi connectivity index (χ1) is 8.00. The quantitative estimate of drug-likeness (QED) is 0.686. The van der Waals surface area contributed by atoms with Crippen LogP contribution in [0.2, 0.25) is 0 Å². The smallest absolute Gasteiger partial charge is 0.329 e. The second kappa shape index (κ2) is 6.44. The lowest BCUT2D eigenvalue weighted by Gasteiger charge is -2.38. The molecule has 0 bridgehead atoms. The van der Waals surface area contributed by atoms with Crippen molar-refractivity contribution in [1.82, 2.24) is 15.8 Å². The van der Waals surface area contributed by atoms with Crippen molar-refractivity contribution in [2.75, 3.05) is 6.54 Å². The molecule has 6 heteroatoms. The van der Waals surface area contributed by atoms with Crippen LogP contribution in [0.5, 0.6) is 0 Å². The van der Waals surface area contributed by atoms with Crippen molar-refractivity contribution in [3.8, 4) is 0 Å². The fourth-order valence-corrected chi connectivity index (χ4v) is 2.08. The molecule has 6 nitrogen and oxygen atoms in total. The average Bonchev–Trinajstić information content (AvgIpc) is 2.23. The summed E-state index contributed by atoms with van der Waals surface area (Å²) in [5.74, 6) is -0.912. The first-order valence-electron chi connectivity index (χ1n) is 6.05. The van der Waals surface area contributed by atoms with E-state index in [1.165, 1.54) is 6.42 Å². The Morgan fingerprint density at radius 1 is 1.29 bits per heavy atom. The van der Waals surface area contributed by atoms with E-state index in [1.54, 1.807) is 0 Å². The van der Waals surface area contributed by atoms with Crippen LogP contribution < -0.4 is 10.7 Å². The lowest BCUT2D eigenvalue weighted by molar-refractivity contribution is -0.136. The molecule has 17 heavy (non-hydrogen) atoms. The number of nitrogens with one attached hydrogen (secondary N) is 2. The number of urea groups is 1.